The van der Waals surface area contributed by atoms with Gasteiger partial charge in [0, 0.05) is 28.0 Å². The van der Waals surface area contributed by atoms with Crippen molar-refractivity contribution in [1.82, 2.24) is 0 Å². The monoisotopic (exact) mass is 303 g/mol. The SMILES string of the molecule is O=S(O)(O)=S.[C-]#N.[C-]#N.[C-]#N.[C-]#N.[C-]#N.[Co]. The van der Waals surface area contributed by atoms with E-state index in [9.17, 15) is 0 Å². The van der Waals surface area contributed by atoms with Crippen LogP contribution in [0.5, 0.6) is 0 Å². The molecule has 91 valence electrons. The molecule has 0 saturated heterocycles. The third-order valence-electron chi connectivity index (χ3n) is 0. The smallest absolute Gasteiger partial charge is 0.263 e. The molecule has 0 bridgehead atoms. The maximum absolute atomic E-state index is 9.11. The van der Waals surface area contributed by atoms with Gasteiger partial charge < -0.3 is 59.2 Å². The predicted molar refractivity (Wildman–Crippen MR) is 45.6 cm³/mol. The summed E-state index contributed by atoms with van der Waals surface area (Å²) in [5.74, 6) is 0. The molecule has 0 aliphatic carbocycles. The minimum atomic E-state index is -3.83. The second-order valence-electron chi connectivity index (χ2n) is 0.448. The summed E-state index contributed by atoms with van der Waals surface area (Å²) >= 11 is 3.47. The Hall–Kier alpha value is -1.75. The standard InChI is InChI=1S/5CN.Co.H2O3S2/c5*1-2;;1-5(2,3)4/h;;;;;;(H2,1,2,3,4)/q5*-1;;. The van der Waals surface area contributed by atoms with Gasteiger partial charge in [-0.15, -0.1) is 0 Å². The van der Waals surface area contributed by atoms with Gasteiger partial charge in [-0.05, 0) is 0 Å². The summed E-state index contributed by atoms with van der Waals surface area (Å²) in [4.78, 5) is 0. The van der Waals surface area contributed by atoms with E-state index in [0.29, 0.717) is 0 Å². The van der Waals surface area contributed by atoms with Crippen molar-refractivity contribution in [1.29, 1.82) is 26.3 Å². The molecular weight excluding hydrogens is 301 g/mol. The van der Waals surface area contributed by atoms with Gasteiger partial charge in [-0.1, -0.05) is 0 Å². The van der Waals surface area contributed by atoms with Gasteiger partial charge in [-0.25, -0.2) is 0 Å². The first-order valence-corrected chi connectivity index (χ1v) is 4.21. The van der Waals surface area contributed by atoms with Gasteiger partial charge in [0.15, 0.2) is 0 Å². The summed E-state index contributed by atoms with van der Waals surface area (Å²) in [5.41, 5.74) is 0. The van der Waals surface area contributed by atoms with Gasteiger partial charge in [0.25, 0.3) is 9.05 Å². The van der Waals surface area contributed by atoms with Gasteiger partial charge >= 0.3 is 0 Å². The first kappa shape index (κ1) is 47.6. The zero-order chi connectivity index (χ0) is 14.5. The van der Waals surface area contributed by atoms with E-state index < -0.39 is 9.05 Å². The molecule has 0 saturated carbocycles. The zero-order valence-corrected chi connectivity index (χ0v) is 9.86. The Balaban J connectivity index is -0.0000000130. The van der Waals surface area contributed by atoms with Crippen molar-refractivity contribution in [2.45, 2.75) is 0 Å². The van der Waals surface area contributed by atoms with Crippen LogP contribution in [0.3, 0.4) is 0 Å². The molecular formula is C5H2CoN5O3S2-5. The second kappa shape index (κ2) is 110. The quantitative estimate of drug-likeness (QED) is 0.589. The minimum absolute atomic E-state index is 0. The van der Waals surface area contributed by atoms with Crippen molar-refractivity contribution in [3.8, 4) is 0 Å². The van der Waals surface area contributed by atoms with E-state index in [1.54, 1.807) is 0 Å². The summed E-state index contributed by atoms with van der Waals surface area (Å²) < 4.78 is 24.0. The normalized spacial score (nSPS) is 4.25. The molecule has 2 N–H and O–H groups in total. The Bertz CT molecular complexity index is 236. The van der Waals surface area contributed by atoms with Crippen LogP contribution in [-0.4, -0.2) is 13.3 Å². The van der Waals surface area contributed by atoms with Crippen LogP contribution in [0.25, 0.3) is 0 Å². The van der Waals surface area contributed by atoms with E-state index in [2.05, 4.69) is 11.2 Å². The van der Waals surface area contributed by atoms with Gasteiger partial charge in [0.05, 0.1) is 0 Å². The largest absolute Gasteiger partial charge is 0.512 e. The average molecular weight is 303 g/mol. The molecule has 0 aromatic rings. The van der Waals surface area contributed by atoms with Crippen LogP contribution >= 0.6 is 0 Å². The summed E-state index contributed by atoms with van der Waals surface area (Å²) in [6.07, 6.45) is 0. The molecule has 1 radical (unpaired) electrons. The van der Waals surface area contributed by atoms with Crippen LogP contribution < -0.4 is 0 Å². The maximum Gasteiger partial charge on any atom is 0.263 e. The molecule has 11 heteroatoms. The Morgan fingerprint density at radius 3 is 0.750 bits per heavy atom. The fourth-order valence-electron chi connectivity index (χ4n) is 0. The van der Waals surface area contributed by atoms with Crippen molar-refractivity contribution in [2.75, 3.05) is 0 Å². The van der Waals surface area contributed by atoms with E-state index in [-0.39, 0.29) is 16.8 Å². The van der Waals surface area contributed by atoms with E-state index >= 15 is 0 Å². The van der Waals surface area contributed by atoms with Crippen LogP contribution in [0.1, 0.15) is 0 Å². The summed E-state index contributed by atoms with van der Waals surface area (Å²) in [6.45, 7) is 23.8. The van der Waals surface area contributed by atoms with Crippen molar-refractivity contribution in [3.63, 3.8) is 0 Å². The fourth-order valence-corrected chi connectivity index (χ4v) is 0. The minimum Gasteiger partial charge on any atom is -0.512 e. The first-order chi connectivity index (χ1) is 7.00. The Morgan fingerprint density at radius 2 is 0.750 bits per heavy atom. The van der Waals surface area contributed by atoms with Crippen molar-refractivity contribution >= 4 is 20.2 Å². The molecule has 0 amide bonds. The molecule has 0 aromatic heterocycles. The van der Waals surface area contributed by atoms with E-state index in [0.717, 1.165) is 0 Å². The Morgan fingerprint density at radius 1 is 0.750 bits per heavy atom. The molecule has 0 aromatic carbocycles. The first-order valence-electron chi connectivity index (χ1n) is 1.82. The number of rotatable bonds is 0. The van der Waals surface area contributed by atoms with Crippen LogP contribution in [0.4, 0.5) is 0 Å². The molecule has 0 aliphatic heterocycles. The van der Waals surface area contributed by atoms with Crippen LogP contribution in [0.2, 0.25) is 0 Å². The van der Waals surface area contributed by atoms with Gasteiger partial charge in [-0.3, -0.25) is 9.11 Å². The topological polar surface area (TPSA) is 176 Å². The molecule has 0 aliphatic rings. The Labute approximate surface area is 109 Å². The molecule has 16 heavy (non-hydrogen) atoms. The maximum atomic E-state index is 9.11. The van der Waals surface area contributed by atoms with Crippen molar-refractivity contribution < 1.29 is 30.1 Å². The molecule has 0 rings (SSSR count). The molecule has 0 spiro atoms. The van der Waals surface area contributed by atoms with Crippen molar-refractivity contribution in [3.05, 3.63) is 32.9 Å². The molecule has 0 fully saturated rings. The van der Waals surface area contributed by atoms with Gasteiger partial charge in [-0.2, -0.15) is 4.21 Å². The molecule has 0 unspecified atom stereocenters. The Kier molecular flexibility index (Phi) is 328. The van der Waals surface area contributed by atoms with Crippen LogP contribution in [0, 0.1) is 59.2 Å². The number of hydrogen-bond acceptors (Lipinski definition) is 7. The van der Waals surface area contributed by atoms with Gasteiger partial charge in [0.2, 0.25) is 0 Å². The third-order valence-corrected chi connectivity index (χ3v) is 0. The summed E-state index contributed by atoms with van der Waals surface area (Å²) in [5, 5.41) is 31.2. The number of hydrogen-bond donors (Lipinski definition) is 2. The fraction of sp³-hybridized carbons (Fsp3) is 0. The second-order valence-corrected chi connectivity index (χ2v) is 2.65. The van der Waals surface area contributed by atoms with E-state index in [1.807, 2.05) is 0 Å². The molecule has 0 heterocycles. The van der Waals surface area contributed by atoms with Gasteiger partial charge in [0.1, 0.15) is 0 Å². The van der Waals surface area contributed by atoms with E-state index in [1.165, 1.54) is 0 Å². The van der Waals surface area contributed by atoms with Crippen molar-refractivity contribution in [2.24, 2.45) is 0 Å². The third kappa shape index (κ3) is 504. The summed E-state index contributed by atoms with van der Waals surface area (Å²) in [6, 6.07) is 0. The number of nitrogens with zero attached hydrogens (tertiary/aromatic N) is 5. The zero-order valence-electron chi connectivity index (χ0n) is 7.19. The van der Waals surface area contributed by atoms with E-state index in [4.69, 9.17) is 72.5 Å². The average Bonchev–Trinajstić information content (AvgIpc) is 2.29. The van der Waals surface area contributed by atoms with Crippen LogP contribution in [-0.2, 0) is 37.0 Å². The van der Waals surface area contributed by atoms with Crippen LogP contribution in [0.15, 0.2) is 0 Å². The molecule has 8 nitrogen and oxygen atoms in total. The predicted octanol–water partition coefficient (Wildman–Crippen LogP) is 0.158. The molecule has 0 atom stereocenters. The summed E-state index contributed by atoms with van der Waals surface area (Å²) in [7, 11) is -3.83.